The summed E-state index contributed by atoms with van der Waals surface area (Å²) < 4.78 is 18.2. The van der Waals surface area contributed by atoms with Crippen LogP contribution in [0.4, 0.5) is 0 Å². The number of ether oxygens (including phenoxy) is 3. The second-order valence-electron chi connectivity index (χ2n) is 9.00. The van der Waals surface area contributed by atoms with E-state index in [-0.39, 0.29) is 11.8 Å². The first-order valence-electron chi connectivity index (χ1n) is 13.2. The van der Waals surface area contributed by atoms with Crippen LogP contribution in [0.1, 0.15) is 22.8 Å². The molecule has 9 heteroatoms. The molecule has 0 fully saturated rings. The number of amides is 2. The second-order valence-corrected chi connectivity index (χ2v) is 10.0. The Balaban J connectivity index is 1.28. The van der Waals surface area contributed by atoms with Gasteiger partial charge in [0.2, 0.25) is 5.91 Å². The Bertz CT molecular complexity index is 1430. The summed E-state index contributed by atoms with van der Waals surface area (Å²) in [6.45, 7) is 4.13. The minimum Gasteiger partial charge on any atom is -0.494 e. The predicted octanol–water partition coefficient (Wildman–Crippen LogP) is 4.94. The number of para-hydroxylation sites is 1. The molecule has 0 unspecified atom stereocenters. The van der Waals surface area contributed by atoms with Crippen molar-refractivity contribution in [3.05, 3.63) is 84.1 Å². The zero-order valence-corrected chi connectivity index (χ0v) is 23.9. The van der Waals surface area contributed by atoms with Crippen molar-refractivity contribution < 1.29 is 23.8 Å². The van der Waals surface area contributed by atoms with Crippen LogP contribution in [-0.2, 0) is 17.8 Å². The maximum absolute atomic E-state index is 12.6. The fourth-order valence-corrected chi connectivity index (χ4v) is 5.27. The number of aromatic nitrogens is 1. The van der Waals surface area contributed by atoms with Crippen molar-refractivity contribution in [2.45, 2.75) is 24.8 Å². The summed E-state index contributed by atoms with van der Waals surface area (Å²) in [5.41, 5.74) is 2.71. The first-order valence-corrected chi connectivity index (χ1v) is 14.2. The molecule has 0 bridgehead atoms. The molecule has 0 saturated carbocycles. The molecule has 8 nitrogen and oxygen atoms in total. The van der Waals surface area contributed by atoms with Crippen LogP contribution in [0, 0.1) is 0 Å². The third-order valence-electron chi connectivity index (χ3n) is 6.36. The number of carbonyl (C=O) groups is 2. The molecular formula is C31H35N3O5S. The highest BCUT2D eigenvalue weighted by Crippen LogP contribution is 2.30. The first-order chi connectivity index (χ1) is 19.5. The van der Waals surface area contributed by atoms with Crippen molar-refractivity contribution in [3.8, 4) is 17.2 Å². The highest BCUT2D eigenvalue weighted by molar-refractivity contribution is 8.00. The molecule has 0 radical (unpaired) electrons. The largest absolute Gasteiger partial charge is 0.494 e. The molecule has 1 aromatic heterocycles. The number of thioether (sulfide) groups is 1. The Kier molecular flexibility index (Phi) is 10.3. The van der Waals surface area contributed by atoms with Crippen molar-refractivity contribution in [1.82, 2.24) is 15.2 Å². The van der Waals surface area contributed by atoms with E-state index in [2.05, 4.69) is 33.5 Å². The number of hydrogen-bond acceptors (Lipinski definition) is 6. The van der Waals surface area contributed by atoms with Gasteiger partial charge >= 0.3 is 0 Å². The maximum Gasteiger partial charge on any atom is 0.251 e. The lowest BCUT2D eigenvalue weighted by Gasteiger charge is -2.10. The van der Waals surface area contributed by atoms with E-state index in [1.165, 1.54) is 11.8 Å². The monoisotopic (exact) mass is 561 g/mol. The molecule has 2 amide bonds. The topological polar surface area (TPSA) is 90.8 Å². The van der Waals surface area contributed by atoms with E-state index in [0.29, 0.717) is 55.5 Å². The highest BCUT2D eigenvalue weighted by Gasteiger charge is 2.12. The van der Waals surface area contributed by atoms with Gasteiger partial charge in [-0.15, -0.1) is 11.8 Å². The Morgan fingerprint density at radius 1 is 0.900 bits per heavy atom. The summed E-state index contributed by atoms with van der Waals surface area (Å²) in [6.07, 6.45) is 2.74. The first kappa shape index (κ1) is 28.9. The van der Waals surface area contributed by atoms with Crippen molar-refractivity contribution in [2.75, 3.05) is 39.7 Å². The van der Waals surface area contributed by atoms with Gasteiger partial charge < -0.3 is 29.4 Å². The molecule has 0 aliphatic carbocycles. The van der Waals surface area contributed by atoms with Crippen molar-refractivity contribution in [1.29, 1.82) is 0 Å². The molecule has 3 aromatic carbocycles. The summed E-state index contributed by atoms with van der Waals surface area (Å²) in [7, 11) is 3.21. The third kappa shape index (κ3) is 7.51. The molecule has 40 heavy (non-hydrogen) atoms. The van der Waals surface area contributed by atoms with E-state index >= 15 is 0 Å². The fourth-order valence-electron chi connectivity index (χ4n) is 4.35. The number of fused-ring (bicyclic) bond motifs is 1. The van der Waals surface area contributed by atoms with E-state index in [9.17, 15) is 9.59 Å². The minimum atomic E-state index is -0.126. The average Bonchev–Trinajstić information content (AvgIpc) is 3.34. The van der Waals surface area contributed by atoms with E-state index in [1.807, 2.05) is 37.3 Å². The Morgan fingerprint density at radius 2 is 1.68 bits per heavy atom. The second kappa shape index (κ2) is 14.3. The van der Waals surface area contributed by atoms with Gasteiger partial charge in [-0.2, -0.15) is 0 Å². The zero-order valence-electron chi connectivity index (χ0n) is 23.1. The van der Waals surface area contributed by atoms with Crippen LogP contribution in [0.2, 0.25) is 0 Å². The van der Waals surface area contributed by atoms with Gasteiger partial charge in [0, 0.05) is 47.2 Å². The lowest BCUT2D eigenvalue weighted by Crippen LogP contribution is -2.27. The van der Waals surface area contributed by atoms with Gasteiger partial charge in [0.25, 0.3) is 5.91 Å². The number of rotatable bonds is 14. The number of carbonyl (C=O) groups excluding carboxylic acids is 2. The van der Waals surface area contributed by atoms with Crippen molar-refractivity contribution in [3.63, 3.8) is 0 Å². The van der Waals surface area contributed by atoms with Crippen molar-refractivity contribution in [2.24, 2.45) is 0 Å². The smallest absolute Gasteiger partial charge is 0.251 e. The normalized spacial score (nSPS) is 10.8. The van der Waals surface area contributed by atoms with Gasteiger partial charge in [-0.3, -0.25) is 9.59 Å². The predicted molar refractivity (Wildman–Crippen MR) is 159 cm³/mol. The molecular weight excluding hydrogens is 526 g/mol. The Labute approximate surface area is 239 Å². The van der Waals surface area contributed by atoms with Crippen LogP contribution in [0.5, 0.6) is 17.2 Å². The molecule has 0 saturated heterocycles. The number of nitrogens with zero attached hydrogens (tertiary/aromatic N) is 1. The fraction of sp³-hybridized carbons (Fsp3) is 0.290. The van der Waals surface area contributed by atoms with Crippen LogP contribution in [0.3, 0.4) is 0 Å². The van der Waals surface area contributed by atoms with Gasteiger partial charge in [-0.05, 0) is 61.4 Å². The molecule has 0 atom stereocenters. The van der Waals surface area contributed by atoms with Crippen LogP contribution >= 0.6 is 11.8 Å². The molecule has 0 aliphatic heterocycles. The summed E-state index contributed by atoms with van der Waals surface area (Å²) in [6, 6.07) is 21.0. The lowest BCUT2D eigenvalue weighted by molar-refractivity contribution is -0.118. The van der Waals surface area contributed by atoms with E-state index < -0.39 is 0 Å². The van der Waals surface area contributed by atoms with Gasteiger partial charge in [-0.25, -0.2) is 0 Å². The maximum atomic E-state index is 12.6. The number of nitrogens with one attached hydrogen (secondary N) is 2. The average molecular weight is 562 g/mol. The number of benzene rings is 3. The molecule has 210 valence electrons. The summed E-state index contributed by atoms with van der Waals surface area (Å²) in [5.74, 6) is 2.27. The SMILES string of the molecule is CCOc1ccc(C(=O)NCCn2cc(SCC(=O)NCCc3ccc(OC)c(OC)c3)c3ccccc32)cc1. The van der Waals surface area contributed by atoms with E-state index in [1.54, 1.807) is 38.5 Å². The highest BCUT2D eigenvalue weighted by atomic mass is 32.2. The summed E-state index contributed by atoms with van der Waals surface area (Å²) >= 11 is 1.51. The molecule has 4 rings (SSSR count). The van der Waals surface area contributed by atoms with Crippen LogP contribution in [0.25, 0.3) is 10.9 Å². The molecule has 0 spiro atoms. The van der Waals surface area contributed by atoms with Crippen LogP contribution in [0.15, 0.2) is 77.8 Å². The van der Waals surface area contributed by atoms with Gasteiger partial charge in [0.15, 0.2) is 11.5 Å². The van der Waals surface area contributed by atoms with Crippen LogP contribution < -0.4 is 24.8 Å². The van der Waals surface area contributed by atoms with Crippen LogP contribution in [-0.4, -0.2) is 56.1 Å². The Hall–Kier alpha value is -4.11. The molecule has 0 aliphatic rings. The third-order valence-corrected chi connectivity index (χ3v) is 7.40. The quantitative estimate of drug-likeness (QED) is 0.212. The summed E-state index contributed by atoms with van der Waals surface area (Å²) in [4.78, 5) is 26.2. The lowest BCUT2D eigenvalue weighted by atomic mass is 10.1. The molecule has 2 N–H and O–H groups in total. The zero-order chi connectivity index (χ0) is 28.3. The van der Waals surface area contributed by atoms with E-state index in [4.69, 9.17) is 14.2 Å². The summed E-state index contributed by atoms with van der Waals surface area (Å²) in [5, 5.41) is 7.07. The molecule has 4 aromatic rings. The van der Waals surface area contributed by atoms with E-state index in [0.717, 1.165) is 27.1 Å². The van der Waals surface area contributed by atoms with Gasteiger partial charge in [0.1, 0.15) is 5.75 Å². The number of methoxy groups -OCH3 is 2. The minimum absolute atomic E-state index is 0.0232. The van der Waals surface area contributed by atoms with Gasteiger partial charge in [0.05, 0.1) is 26.6 Å². The van der Waals surface area contributed by atoms with Gasteiger partial charge in [-0.1, -0.05) is 24.3 Å². The standard InChI is InChI=1S/C31H35N3O5S/c1-4-39-24-12-10-23(11-13-24)31(36)33-17-18-34-20-29(25-7-5-6-8-26(25)34)40-21-30(35)32-16-15-22-9-14-27(37-2)28(19-22)38-3/h5-14,19-20H,4,15-18,21H2,1-3H3,(H,32,35)(H,33,36). The Morgan fingerprint density at radius 3 is 2.42 bits per heavy atom. The molecule has 1 heterocycles. The number of hydrogen-bond donors (Lipinski definition) is 2. The van der Waals surface area contributed by atoms with Crippen molar-refractivity contribution >= 4 is 34.5 Å².